The third kappa shape index (κ3) is 1.27. The van der Waals surface area contributed by atoms with Crippen LogP contribution in [0.3, 0.4) is 0 Å². The van der Waals surface area contributed by atoms with E-state index in [2.05, 4.69) is 30.0 Å². The number of ether oxygens (including phenoxy) is 1. The van der Waals surface area contributed by atoms with Gasteiger partial charge in [0.05, 0.1) is 4.99 Å². The fraction of sp³-hybridized carbons (Fsp3) is 0.462. The number of fused-ring (bicyclic) bond motifs is 4. The van der Waals surface area contributed by atoms with Crippen LogP contribution in [0, 0.1) is 0 Å². The Hall–Kier alpha value is -1.09. The van der Waals surface area contributed by atoms with E-state index in [-0.39, 0.29) is 5.72 Å². The molecule has 3 heteroatoms. The van der Waals surface area contributed by atoms with Crippen molar-refractivity contribution in [2.75, 3.05) is 7.05 Å². The molecule has 2 aliphatic heterocycles. The molecule has 1 fully saturated rings. The molecule has 2 unspecified atom stereocenters. The highest BCUT2D eigenvalue weighted by Crippen LogP contribution is 2.47. The Morgan fingerprint density at radius 2 is 2.19 bits per heavy atom. The van der Waals surface area contributed by atoms with Crippen LogP contribution in [0.2, 0.25) is 0 Å². The number of para-hydroxylation sites is 1. The van der Waals surface area contributed by atoms with Crippen LogP contribution in [0.1, 0.15) is 31.2 Å². The van der Waals surface area contributed by atoms with Gasteiger partial charge in [-0.2, -0.15) is 0 Å². The molecule has 0 spiro atoms. The molecule has 2 aliphatic rings. The summed E-state index contributed by atoms with van der Waals surface area (Å²) in [6.45, 7) is 2.13. The van der Waals surface area contributed by atoms with Crippen molar-refractivity contribution in [2.24, 2.45) is 0 Å². The second-order valence-corrected chi connectivity index (χ2v) is 5.34. The lowest BCUT2D eigenvalue weighted by Crippen LogP contribution is -2.57. The van der Waals surface area contributed by atoms with Crippen LogP contribution in [0.4, 0.5) is 0 Å². The number of hydrogen-bond acceptors (Lipinski definition) is 2. The van der Waals surface area contributed by atoms with Crippen molar-refractivity contribution < 1.29 is 4.74 Å². The summed E-state index contributed by atoms with van der Waals surface area (Å²) in [4.78, 5) is 3.11. The van der Waals surface area contributed by atoms with Gasteiger partial charge in [0.15, 0.2) is 5.72 Å². The predicted octanol–water partition coefficient (Wildman–Crippen LogP) is 2.93. The number of benzene rings is 1. The van der Waals surface area contributed by atoms with Crippen molar-refractivity contribution in [3.63, 3.8) is 0 Å². The molecule has 1 aromatic carbocycles. The first-order valence-electron chi connectivity index (χ1n) is 5.65. The smallest absolute Gasteiger partial charge is 0.180 e. The summed E-state index contributed by atoms with van der Waals surface area (Å²) in [5.74, 6) is 1.55. The Kier molecular flexibility index (Phi) is 2.02. The Labute approximate surface area is 101 Å². The lowest BCUT2D eigenvalue weighted by Gasteiger charge is -2.50. The maximum atomic E-state index is 6.11. The molecule has 0 amide bonds. The van der Waals surface area contributed by atoms with E-state index in [9.17, 15) is 0 Å². The van der Waals surface area contributed by atoms with Gasteiger partial charge in [-0.1, -0.05) is 30.4 Å². The zero-order valence-corrected chi connectivity index (χ0v) is 10.4. The first-order chi connectivity index (χ1) is 7.60. The van der Waals surface area contributed by atoms with Crippen molar-refractivity contribution >= 4 is 17.2 Å². The van der Waals surface area contributed by atoms with Crippen molar-refractivity contribution in [3.8, 4) is 5.75 Å². The van der Waals surface area contributed by atoms with E-state index < -0.39 is 0 Å². The van der Waals surface area contributed by atoms with E-state index in [1.165, 1.54) is 5.56 Å². The summed E-state index contributed by atoms with van der Waals surface area (Å²) in [7, 11) is 2.03. The summed E-state index contributed by atoms with van der Waals surface area (Å²) < 4.78 is 6.11. The molecular formula is C13H15NOS. The lowest BCUT2D eigenvalue weighted by molar-refractivity contribution is -0.0510. The zero-order valence-electron chi connectivity index (χ0n) is 9.56. The topological polar surface area (TPSA) is 12.5 Å². The minimum Gasteiger partial charge on any atom is -0.468 e. The predicted molar refractivity (Wildman–Crippen MR) is 67.8 cm³/mol. The average molecular weight is 233 g/mol. The zero-order chi connectivity index (χ0) is 11.3. The minimum atomic E-state index is -0.256. The Morgan fingerprint density at radius 3 is 3.00 bits per heavy atom. The first-order valence-corrected chi connectivity index (χ1v) is 6.05. The first kappa shape index (κ1) is 10.1. The number of thiocarbonyl (C=S) groups is 1. The normalized spacial score (nSPS) is 32.0. The molecule has 84 valence electrons. The molecule has 1 aromatic rings. The maximum absolute atomic E-state index is 6.11. The number of hydrogen-bond donors (Lipinski definition) is 0. The van der Waals surface area contributed by atoms with Crippen molar-refractivity contribution in [3.05, 3.63) is 29.8 Å². The summed E-state index contributed by atoms with van der Waals surface area (Å²) in [6, 6.07) is 8.32. The van der Waals surface area contributed by atoms with Gasteiger partial charge in [-0.05, 0) is 24.5 Å². The highest BCUT2D eigenvalue weighted by molar-refractivity contribution is 7.80. The van der Waals surface area contributed by atoms with E-state index in [0.717, 1.165) is 23.6 Å². The van der Waals surface area contributed by atoms with Crippen LogP contribution in [-0.2, 0) is 0 Å². The molecule has 2 atom stereocenters. The van der Waals surface area contributed by atoms with Gasteiger partial charge in [-0.3, -0.25) is 0 Å². The summed E-state index contributed by atoms with van der Waals surface area (Å²) in [6.07, 6.45) is 2.00. The van der Waals surface area contributed by atoms with E-state index in [0.29, 0.717) is 5.92 Å². The van der Waals surface area contributed by atoms with Gasteiger partial charge in [-0.15, -0.1) is 0 Å². The van der Waals surface area contributed by atoms with E-state index in [1.807, 2.05) is 13.1 Å². The molecule has 0 radical (unpaired) electrons. The van der Waals surface area contributed by atoms with E-state index in [4.69, 9.17) is 17.0 Å². The molecule has 0 aromatic heterocycles. The standard InChI is InChI=1S/C13H15NOS/c1-13-8-9(7-12(16)14(13)2)10-5-3-4-6-11(10)15-13/h3-6,9H,7-8H2,1-2H3. The van der Waals surface area contributed by atoms with Gasteiger partial charge >= 0.3 is 0 Å². The highest BCUT2D eigenvalue weighted by Gasteiger charge is 2.45. The van der Waals surface area contributed by atoms with Gasteiger partial charge in [0.25, 0.3) is 0 Å². The average Bonchev–Trinajstić information content (AvgIpc) is 2.26. The van der Waals surface area contributed by atoms with Crippen LogP contribution < -0.4 is 4.74 Å². The van der Waals surface area contributed by atoms with Gasteiger partial charge in [0.2, 0.25) is 0 Å². The molecule has 2 bridgehead atoms. The number of piperidine rings is 1. The Bertz CT molecular complexity index is 459. The van der Waals surface area contributed by atoms with Crippen LogP contribution in [0.15, 0.2) is 24.3 Å². The molecule has 16 heavy (non-hydrogen) atoms. The molecule has 0 aliphatic carbocycles. The highest BCUT2D eigenvalue weighted by atomic mass is 32.1. The molecule has 1 saturated heterocycles. The molecule has 0 N–H and O–H groups in total. The molecular weight excluding hydrogens is 218 g/mol. The van der Waals surface area contributed by atoms with Gasteiger partial charge in [-0.25, -0.2) is 0 Å². The van der Waals surface area contributed by atoms with Crippen molar-refractivity contribution in [1.82, 2.24) is 4.90 Å². The van der Waals surface area contributed by atoms with Crippen LogP contribution in [-0.4, -0.2) is 22.7 Å². The van der Waals surface area contributed by atoms with Crippen LogP contribution in [0.25, 0.3) is 0 Å². The van der Waals surface area contributed by atoms with E-state index in [1.54, 1.807) is 0 Å². The van der Waals surface area contributed by atoms with Crippen LogP contribution in [0.5, 0.6) is 5.75 Å². The minimum absolute atomic E-state index is 0.256. The number of rotatable bonds is 0. The Morgan fingerprint density at radius 1 is 1.44 bits per heavy atom. The lowest BCUT2D eigenvalue weighted by atomic mass is 9.81. The summed E-state index contributed by atoms with van der Waals surface area (Å²) in [5, 5.41) is 0. The SMILES string of the molecule is CN1C(=S)CC2CC1(C)Oc1ccccc12. The van der Waals surface area contributed by atoms with Gasteiger partial charge in [0.1, 0.15) is 5.75 Å². The quantitative estimate of drug-likeness (QED) is 0.639. The second kappa shape index (κ2) is 3.20. The van der Waals surface area contributed by atoms with E-state index >= 15 is 0 Å². The molecule has 0 saturated carbocycles. The monoisotopic (exact) mass is 233 g/mol. The van der Waals surface area contributed by atoms with Gasteiger partial charge in [0, 0.05) is 19.9 Å². The van der Waals surface area contributed by atoms with Crippen molar-refractivity contribution in [2.45, 2.75) is 31.4 Å². The maximum Gasteiger partial charge on any atom is 0.180 e. The Balaban J connectivity index is 2.11. The molecule has 2 heterocycles. The summed E-state index contributed by atoms with van der Waals surface area (Å²) >= 11 is 5.43. The number of nitrogens with zero attached hydrogens (tertiary/aromatic N) is 1. The van der Waals surface area contributed by atoms with Crippen molar-refractivity contribution in [1.29, 1.82) is 0 Å². The van der Waals surface area contributed by atoms with Crippen LogP contribution >= 0.6 is 12.2 Å². The third-order valence-electron chi connectivity index (χ3n) is 3.82. The largest absolute Gasteiger partial charge is 0.468 e. The molecule has 3 rings (SSSR count). The fourth-order valence-electron chi connectivity index (χ4n) is 2.76. The fourth-order valence-corrected chi connectivity index (χ4v) is 3.15. The third-order valence-corrected chi connectivity index (χ3v) is 4.26. The second-order valence-electron chi connectivity index (χ2n) is 4.87. The molecule has 2 nitrogen and oxygen atoms in total. The summed E-state index contributed by atoms with van der Waals surface area (Å²) in [5.41, 5.74) is 1.06. The van der Waals surface area contributed by atoms with Gasteiger partial charge < -0.3 is 9.64 Å². The number of likely N-dealkylation sites (tertiary alicyclic amines) is 1.